The number of hydrogen-bond donors (Lipinski definition) is 0. The van der Waals surface area contributed by atoms with E-state index in [1.54, 1.807) is 36.3 Å². The number of nitrogens with zero attached hydrogens (tertiary/aromatic N) is 1. The van der Waals surface area contributed by atoms with Gasteiger partial charge < -0.3 is 9.64 Å². The van der Waals surface area contributed by atoms with E-state index in [4.69, 9.17) is 27.9 Å². The van der Waals surface area contributed by atoms with Crippen molar-refractivity contribution >= 4 is 29.1 Å². The zero-order valence-electron chi connectivity index (χ0n) is 9.66. The Morgan fingerprint density at radius 1 is 1.35 bits per heavy atom. The number of carbonyl (C=O) groups excluding carboxylic acids is 1. The number of ether oxygens (including phenoxy) is 1. The third kappa shape index (κ3) is 4.19. The maximum Gasteiger partial charge on any atom is 0.255 e. The van der Waals surface area contributed by atoms with Crippen LogP contribution in [0.4, 0.5) is 0 Å². The SMILES string of the molecule is COCCN(CCCl)C(=O)c1ccccc1Cl. The monoisotopic (exact) mass is 275 g/mol. The predicted molar refractivity (Wildman–Crippen MR) is 70.0 cm³/mol. The first-order valence-corrected chi connectivity index (χ1v) is 6.20. The van der Waals surface area contributed by atoms with Crippen molar-refractivity contribution in [2.75, 3.05) is 32.7 Å². The molecule has 17 heavy (non-hydrogen) atoms. The molecule has 5 heteroatoms. The maximum absolute atomic E-state index is 12.2. The van der Waals surface area contributed by atoms with Crippen molar-refractivity contribution in [3.8, 4) is 0 Å². The molecule has 0 aromatic heterocycles. The zero-order valence-corrected chi connectivity index (χ0v) is 11.2. The molecule has 1 rings (SSSR count). The van der Waals surface area contributed by atoms with Gasteiger partial charge in [-0.2, -0.15) is 0 Å². The van der Waals surface area contributed by atoms with Crippen molar-refractivity contribution < 1.29 is 9.53 Å². The molecule has 0 saturated heterocycles. The molecular formula is C12H15Cl2NO2. The van der Waals surface area contributed by atoms with Gasteiger partial charge in [0, 0.05) is 26.1 Å². The Balaban J connectivity index is 2.80. The van der Waals surface area contributed by atoms with Crippen molar-refractivity contribution in [3.05, 3.63) is 34.9 Å². The molecule has 0 saturated carbocycles. The van der Waals surface area contributed by atoms with Crippen molar-refractivity contribution in [3.63, 3.8) is 0 Å². The molecule has 0 aliphatic carbocycles. The van der Waals surface area contributed by atoms with E-state index in [1.165, 1.54) is 0 Å². The summed E-state index contributed by atoms with van der Waals surface area (Å²) in [5, 5.41) is 0.453. The molecule has 1 aromatic carbocycles. The third-order valence-corrected chi connectivity index (χ3v) is 2.81. The molecule has 1 amide bonds. The molecule has 3 nitrogen and oxygen atoms in total. The van der Waals surface area contributed by atoms with Crippen LogP contribution >= 0.6 is 23.2 Å². The van der Waals surface area contributed by atoms with Crippen LogP contribution in [0.15, 0.2) is 24.3 Å². The minimum absolute atomic E-state index is 0.117. The van der Waals surface area contributed by atoms with Crippen LogP contribution < -0.4 is 0 Å². The van der Waals surface area contributed by atoms with Crippen LogP contribution in [0.5, 0.6) is 0 Å². The minimum atomic E-state index is -0.117. The second-order valence-electron chi connectivity index (χ2n) is 3.45. The molecule has 0 spiro atoms. The number of carbonyl (C=O) groups is 1. The van der Waals surface area contributed by atoms with E-state index in [0.29, 0.717) is 36.2 Å². The summed E-state index contributed by atoms with van der Waals surface area (Å²) in [5.74, 6) is 0.271. The summed E-state index contributed by atoms with van der Waals surface area (Å²) in [5.41, 5.74) is 0.496. The highest BCUT2D eigenvalue weighted by Crippen LogP contribution is 2.17. The van der Waals surface area contributed by atoms with Crippen molar-refractivity contribution in [1.82, 2.24) is 4.90 Å². The molecule has 0 fully saturated rings. The van der Waals surface area contributed by atoms with E-state index in [-0.39, 0.29) is 5.91 Å². The fourth-order valence-electron chi connectivity index (χ4n) is 1.42. The molecule has 0 aliphatic rings. The van der Waals surface area contributed by atoms with Gasteiger partial charge in [-0.25, -0.2) is 0 Å². The number of rotatable bonds is 6. The average molecular weight is 276 g/mol. The van der Waals surface area contributed by atoms with E-state index in [0.717, 1.165) is 0 Å². The zero-order chi connectivity index (χ0) is 12.7. The van der Waals surface area contributed by atoms with Gasteiger partial charge in [0.25, 0.3) is 5.91 Å². The molecular weight excluding hydrogens is 261 g/mol. The third-order valence-electron chi connectivity index (χ3n) is 2.31. The molecule has 0 unspecified atom stereocenters. The summed E-state index contributed by atoms with van der Waals surface area (Å²) in [7, 11) is 1.60. The van der Waals surface area contributed by atoms with Crippen LogP contribution in [0.2, 0.25) is 5.02 Å². The summed E-state index contributed by atoms with van der Waals surface area (Å²) in [6.45, 7) is 1.47. The highest BCUT2D eigenvalue weighted by molar-refractivity contribution is 6.33. The van der Waals surface area contributed by atoms with Gasteiger partial charge in [0.05, 0.1) is 17.2 Å². The Kier molecular flexibility index (Phi) is 6.34. The summed E-state index contributed by atoms with van der Waals surface area (Å²) in [4.78, 5) is 13.8. The normalized spacial score (nSPS) is 10.3. The lowest BCUT2D eigenvalue weighted by Gasteiger charge is -2.21. The van der Waals surface area contributed by atoms with Gasteiger partial charge in [0.2, 0.25) is 0 Å². The van der Waals surface area contributed by atoms with Gasteiger partial charge >= 0.3 is 0 Å². The molecule has 1 aromatic rings. The lowest BCUT2D eigenvalue weighted by atomic mass is 10.2. The first-order chi connectivity index (χ1) is 8.20. The summed E-state index contributed by atoms with van der Waals surface area (Å²) in [6, 6.07) is 6.98. The van der Waals surface area contributed by atoms with Crippen LogP contribution in [-0.4, -0.2) is 43.5 Å². The van der Waals surface area contributed by atoms with Crippen LogP contribution in [-0.2, 0) is 4.74 Å². The van der Waals surface area contributed by atoms with Crippen LogP contribution in [0.25, 0.3) is 0 Å². The van der Waals surface area contributed by atoms with Crippen molar-refractivity contribution in [2.24, 2.45) is 0 Å². The van der Waals surface area contributed by atoms with Gasteiger partial charge in [0.1, 0.15) is 0 Å². The average Bonchev–Trinajstić information content (AvgIpc) is 2.34. The highest BCUT2D eigenvalue weighted by Gasteiger charge is 2.17. The first-order valence-electron chi connectivity index (χ1n) is 5.29. The lowest BCUT2D eigenvalue weighted by molar-refractivity contribution is 0.0708. The Morgan fingerprint density at radius 2 is 2.06 bits per heavy atom. The van der Waals surface area contributed by atoms with Gasteiger partial charge in [-0.15, -0.1) is 11.6 Å². The number of hydrogen-bond acceptors (Lipinski definition) is 2. The van der Waals surface area contributed by atoms with Crippen molar-refractivity contribution in [1.29, 1.82) is 0 Å². The second-order valence-corrected chi connectivity index (χ2v) is 4.24. The smallest absolute Gasteiger partial charge is 0.255 e. The van der Waals surface area contributed by atoms with E-state index >= 15 is 0 Å². The fourth-order valence-corrected chi connectivity index (χ4v) is 1.84. The maximum atomic E-state index is 12.2. The number of amides is 1. The number of benzene rings is 1. The van der Waals surface area contributed by atoms with Crippen LogP contribution in [0.1, 0.15) is 10.4 Å². The molecule has 94 valence electrons. The summed E-state index contributed by atoms with van der Waals surface area (Å²) < 4.78 is 4.96. The van der Waals surface area contributed by atoms with E-state index in [9.17, 15) is 4.79 Å². The topological polar surface area (TPSA) is 29.5 Å². The Morgan fingerprint density at radius 3 is 2.65 bits per heavy atom. The summed E-state index contributed by atoms with van der Waals surface area (Å²) in [6.07, 6.45) is 0. The predicted octanol–water partition coefficient (Wildman–Crippen LogP) is 2.67. The number of halogens is 2. The molecule has 0 N–H and O–H groups in total. The molecule has 0 bridgehead atoms. The van der Waals surface area contributed by atoms with Gasteiger partial charge in [0.15, 0.2) is 0 Å². The molecule has 0 heterocycles. The van der Waals surface area contributed by atoms with Crippen LogP contribution in [0, 0.1) is 0 Å². The highest BCUT2D eigenvalue weighted by atomic mass is 35.5. The van der Waals surface area contributed by atoms with Gasteiger partial charge in [-0.1, -0.05) is 23.7 Å². The Bertz CT molecular complexity index is 371. The lowest BCUT2D eigenvalue weighted by Crippen LogP contribution is -2.35. The quantitative estimate of drug-likeness (QED) is 0.747. The molecule has 0 aliphatic heterocycles. The van der Waals surface area contributed by atoms with Gasteiger partial charge in [-0.05, 0) is 12.1 Å². The largest absolute Gasteiger partial charge is 0.383 e. The first kappa shape index (κ1) is 14.3. The van der Waals surface area contributed by atoms with Crippen molar-refractivity contribution in [2.45, 2.75) is 0 Å². The minimum Gasteiger partial charge on any atom is -0.383 e. The molecule has 0 radical (unpaired) electrons. The Hall–Kier alpha value is -0.770. The fraction of sp³-hybridized carbons (Fsp3) is 0.417. The van der Waals surface area contributed by atoms with E-state index in [2.05, 4.69) is 0 Å². The second kappa shape index (κ2) is 7.54. The van der Waals surface area contributed by atoms with E-state index < -0.39 is 0 Å². The summed E-state index contributed by atoms with van der Waals surface area (Å²) >= 11 is 11.7. The standard InChI is InChI=1S/C12H15Cl2NO2/c1-17-9-8-15(7-6-13)12(16)10-4-2-3-5-11(10)14/h2-5H,6-9H2,1H3. The van der Waals surface area contributed by atoms with Gasteiger partial charge in [-0.3, -0.25) is 4.79 Å². The number of alkyl halides is 1. The molecule has 0 atom stereocenters. The van der Waals surface area contributed by atoms with E-state index in [1.807, 2.05) is 0 Å². The van der Waals surface area contributed by atoms with Crippen LogP contribution in [0.3, 0.4) is 0 Å². The Labute approximate surface area is 111 Å². The number of methoxy groups -OCH3 is 1.